The zero-order chi connectivity index (χ0) is 22.9. The summed E-state index contributed by atoms with van der Waals surface area (Å²) in [4.78, 5) is 26.2. The molecular formula is C23H25N3O5S. The van der Waals surface area contributed by atoms with Crippen LogP contribution in [0.4, 0.5) is 0 Å². The number of piperazine rings is 1. The number of benzene rings is 2. The third kappa shape index (κ3) is 4.26. The second-order valence-corrected chi connectivity index (χ2v) is 9.87. The lowest BCUT2D eigenvalue weighted by atomic mass is 10.2. The molecular weight excluding hydrogens is 430 g/mol. The van der Waals surface area contributed by atoms with Crippen molar-refractivity contribution in [3.8, 4) is 0 Å². The van der Waals surface area contributed by atoms with Crippen LogP contribution in [0.5, 0.6) is 0 Å². The first-order chi connectivity index (χ1) is 15.3. The molecule has 1 aliphatic rings. The number of sulfonamides is 1. The number of amides is 1. The molecule has 0 aliphatic carbocycles. The van der Waals surface area contributed by atoms with Crippen LogP contribution in [0.2, 0.25) is 0 Å². The first-order valence-corrected chi connectivity index (χ1v) is 11.9. The minimum Gasteiger partial charge on any atom is -0.408 e. The molecule has 0 N–H and O–H groups in total. The number of aromatic nitrogens is 1. The molecule has 1 fully saturated rings. The van der Waals surface area contributed by atoms with Crippen LogP contribution in [0.25, 0.3) is 17.2 Å². The molecule has 9 heteroatoms. The average molecular weight is 456 g/mol. The van der Waals surface area contributed by atoms with Crippen LogP contribution in [-0.4, -0.2) is 54.3 Å². The van der Waals surface area contributed by atoms with Gasteiger partial charge in [0, 0.05) is 44.4 Å². The smallest absolute Gasteiger partial charge is 0.408 e. The van der Waals surface area contributed by atoms with E-state index < -0.39 is 15.8 Å². The van der Waals surface area contributed by atoms with Gasteiger partial charge in [0.25, 0.3) is 0 Å². The zero-order valence-electron chi connectivity index (χ0n) is 18.0. The molecule has 0 unspecified atom stereocenters. The molecule has 1 amide bonds. The normalized spacial score (nSPS) is 15.8. The molecule has 0 atom stereocenters. The minimum absolute atomic E-state index is 0.0680. The van der Waals surface area contributed by atoms with E-state index in [9.17, 15) is 18.0 Å². The minimum atomic E-state index is -3.78. The maximum absolute atomic E-state index is 13.1. The third-order valence-electron chi connectivity index (χ3n) is 5.51. The number of hydrogen-bond acceptors (Lipinski definition) is 5. The predicted molar refractivity (Wildman–Crippen MR) is 122 cm³/mol. The second kappa shape index (κ2) is 8.76. The molecule has 8 nitrogen and oxygen atoms in total. The number of carbonyl (C=O) groups is 1. The van der Waals surface area contributed by atoms with E-state index in [0.717, 1.165) is 5.56 Å². The van der Waals surface area contributed by atoms with Crippen molar-refractivity contribution in [3.05, 3.63) is 70.7 Å². The van der Waals surface area contributed by atoms with Crippen LogP contribution in [0, 0.1) is 0 Å². The maximum atomic E-state index is 13.1. The summed E-state index contributed by atoms with van der Waals surface area (Å²) in [5.41, 5.74) is 1.73. The van der Waals surface area contributed by atoms with E-state index in [1.165, 1.54) is 27.1 Å². The number of hydrogen-bond donors (Lipinski definition) is 0. The summed E-state index contributed by atoms with van der Waals surface area (Å²) in [6.45, 7) is 4.72. The molecule has 1 aliphatic heterocycles. The highest BCUT2D eigenvalue weighted by Gasteiger charge is 2.30. The van der Waals surface area contributed by atoms with Crippen molar-refractivity contribution in [2.24, 2.45) is 0 Å². The van der Waals surface area contributed by atoms with Gasteiger partial charge in [-0.1, -0.05) is 30.3 Å². The van der Waals surface area contributed by atoms with Gasteiger partial charge in [-0.15, -0.1) is 0 Å². The fourth-order valence-electron chi connectivity index (χ4n) is 3.80. The van der Waals surface area contributed by atoms with Crippen molar-refractivity contribution in [2.75, 3.05) is 26.2 Å². The lowest BCUT2D eigenvalue weighted by molar-refractivity contribution is -0.127. The Morgan fingerprint density at radius 3 is 2.38 bits per heavy atom. The van der Waals surface area contributed by atoms with Gasteiger partial charge in [-0.25, -0.2) is 13.2 Å². The van der Waals surface area contributed by atoms with Crippen molar-refractivity contribution in [3.63, 3.8) is 0 Å². The van der Waals surface area contributed by atoms with Gasteiger partial charge in [0.1, 0.15) is 0 Å². The molecule has 0 spiro atoms. The first kappa shape index (κ1) is 22.0. The van der Waals surface area contributed by atoms with Crippen molar-refractivity contribution in [1.82, 2.24) is 13.8 Å². The van der Waals surface area contributed by atoms with Gasteiger partial charge >= 0.3 is 5.76 Å². The molecule has 2 aromatic carbocycles. The van der Waals surface area contributed by atoms with Crippen molar-refractivity contribution >= 4 is 33.1 Å². The summed E-state index contributed by atoms with van der Waals surface area (Å²) < 4.78 is 34.4. The molecule has 4 rings (SSSR count). The first-order valence-electron chi connectivity index (χ1n) is 10.4. The van der Waals surface area contributed by atoms with Gasteiger partial charge in [-0.05, 0) is 37.6 Å². The molecule has 0 bridgehead atoms. The van der Waals surface area contributed by atoms with E-state index in [0.29, 0.717) is 18.6 Å². The Morgan fingerprint density at radius 2 is 1.72 bits per heavy atom. The molecule has 32 heavy (non-hydrogen) atoms. The van der Waals surface area contributed by atoms with Crippen LogP contribution >= 0.6 is 0 Å². The molecule has 1 aromatic heterocycles. The quantitative estimate of drug-likeness (QED) is 0.552. The highest BCUT2D eigenvalue weighted by molar-refractivity contribution is 7.89. The van der Waals surface area contributed by atoms with Crippen LogP contribution in [0.3, 0.4) is 0 Å². The van der Waals surface area contributed by atoms with Crippen LogP contribution < -0.4 is 5.76 Å². The van der Waals surface area contributed by atoms with Gasteiger partial charge < -0.3 is 9.32 Å². The van der Waals surface area contributed by atoms with E-state index in [2.05, 4.69) is 0 Å². The summed E-state index contributed by atoms with van der Waals surface area (Å²) >= 11 is 0. The van der Waals surface area contributed by atoms with Crippen LogP contribution in [0.15, 0.2) is 68.7 Å². The summed E-state index contributed by atoms with van der Waals surface area (Å²) in [5, 5.41) is 0. The highest BCUT2D eigenvalue weighted by atomic mass is 32.2. The van der Waals surface area contributed by atoms with Gasteiger partial charge in [0.05, 0.1) is 10.4 Å². The summed E-state index contributed by atoms with van der Waals surface area (Å²) in [6, 6.07) is 13.9. The maximum Gasteiger partial charge on any atom is 0.420 e. The third-order valence-corrected chi connectivity index (χ3v) is 7.40. The predicted octanol–water partition coefficient (Wildman–Crippen LogP) is 2.72. The van der Waals surface area contributed by atoms with E-state index in [1.54, 1.807) is 17.0 Å². The Hall–Kier alpha value is -3.17. The lowest BCUT2D eigenvalue weighted by Crippen LogP contribution is -2.50. The van der Waals surface area contributed by atoms with Gasteiger partial charge in [0.2, 0.25) is 15.9 Å². The molecule has 168 valence electrons. The molecule has 2 heterocycles. The van der Waals surface area contributed by atoms with E-state index in [-0.39, 0.29) is 35.5 Å². The second-order valence-electron chi connectivity index (χ2n) is 7.93. The monoisotopic (exact) mass is 455 g/mol. The number of carbonyl (C=O) groups excluding carboxylic acids is 1. The summed E-state index contributed by atoms with van der Waals surface area (Å²) in [6.07, 6.45) is 3.26. The molecule has 1 saturated heterocycles. The largest absolute Gasteiger partial charge is 0.420 e. The van der Waals surface area contributed by atoms with Crippen molar-refractivity contribution in [2.45, 2.75) is 24.8 Å². The molecule has 0 radical (unpaired) electrons. The fraction of sp³-hybridized carbons (Fsp3) is 0.304. The Kier molecular flexibility index (Phi) is 6.03. The summed E-state index contributed by atoms with van der Waals surface area (Å²) in [7, 11) is -3.78. The van der Waals surface area contributed by atoms with E-state index in [1.807, 2.05) is 44.2 Å². The Bertz CT molecular complexity index is 1310. The molecule has 3 aromatic rings. The van der Waals surface area contributed by atoms with Crippen molar-refractivity contribution in [1.29, 1.82) is 0 Å². The van der Waals surface area contributed by atoms with Gasteiger partial charge in [-0.3, -0.25) is 9.36 Å². The SMILES string of the molecule is CC(C)n1c(=O)oc2cc(S(=O)(=O)N3CCN(C(=O)/C=C/c4ccccc4)CC3)ccc21. The van der Waals surface area contributed by atoms with Crippen LogP contribution in [0.1, 0.15) is 25.5 Å². The van der Waals surface area contributed by atoms with E-state index in [4.69, 9.17) is 4.42 Å². The number of fused-ring (bicyclic) bond motifs is 1. The Labute approximate surface area is 186 Å². The number of oxazole rings is 1. The zero-order valence-corrected chi connectivity index (χ0v) is 18.8. The van der Waals surface area contributed by atoms with Gasteiger partial charge in [-0.2, -0.15) is 4.31 Å². The topological polar surface area (TPSA) is 92.8 Å². The lowest BCUT2D eigenvalue weighted by Gasteiger charge is -2.33. The standard InChI is InChI=1S/C23H25N3O5S/c1-17(2)26-20-10-9-19(16-21(20)31-23(26)28)32(29,30)25-14-12-24(13-15-25)22(27)11-8-18-6-4-3-5-7-18/h3-11,16-17H,12-15H2,1-2H3/b11-8+. The fourth-order valence-corrected chi connectivity index (χ4v) is 5.24. The van der Waals surface area contributed by atoms with E-state index >= 15 is 0 Å². The highest BCUT2D eigenvalue weighted by Crippen LogP contribution is 2.24. The van der Waals surface area contributed by atoms with Gasteiger partial charge in [0.15, 0.2) is 5.58 Å². The summed E-state index contributed by atoms with van der Waals surface area (Å²) in [5.74, 6) is -0.663. The Balaban J connectivity index is 1.46. The molecule has 0 saturated carbocycles. The van der Waals surface area contributed by atoms with Crippen molar-refractivity contribution < 1.29 is 17.6 Å². The Morgan fingerprint density at radius 1 is 1.03 bits per heavy atom. The number of nitrogens with zero attached hydrogens (tertiary/aromatic N) is 3. The average Bonchev–Trinajstić information content (AvgIpc) is 3.13. The number of rotatable bonds is 5. The van der Waals surface area contributed by atoms with Crippen LogP contribution in [-0.2, 0) is 14.8 Å².